The van der Waals surface area contributed by atoms with Crippen LogP contribution in [0.5, 0.6) is 11.5 Å². The van der Waals surface area contributed by atoms with Crippen LogP contribution in [-0.4, -0.2) is 24.8 Å². The quantitative estimate of drug-likeness (QED) is 0.849. The van der Waals surface area contributed by atoms with Gasteiger partial charge >= 0.3 is 0 Å². The van der Waals surface area contributed by atoms with E-state index >= 15 is 0 Å². The molecule has 1 aliphatic heterocycles. The highest BCUT2D eigenvalue weighted by molar-refractivity contribution is 9.10. The second-order valence-electron chi connectivity index (χ2n) is 5.34. The minimum Gasteiger partial charge on any atom is -0.454 e. The average Bonchev–Trinajstić information content (AvgIpc) is 3.08. The lowest BCUT2D eigenvalue weighted by atomic mass is 9.97. The Morgan fingerprint density at radius 1 is 1.33 bits per heavy atom. The molecule has 116 valence electrons. The molecule has 1 fully saturated rings. The van der Waals surface area contributed by atoms with Crippen molar-refractivity contribution in [3.05, 3.63) is 22.2 Å². The van der Waals surface area contributed by atoms with Gasteiger partial charge in [0.1, 0.15) is 0 Å². The van der Waals surface area contributed by atoms with Crippen LogP contribution >= 0.6 is 28.3 Å². The smallest absolute Gasteiger partial charge is 0.251 e. The minimum atomic E-state index is -0.250. The predicted octanol–water partition coefficient (Wildman–Crippen LogP) is 2.60. The van der Waals surface area contributed by atoms with Crippen molar-refractivity contribution in [2.24, 2.45) is 5.73 Å². The number of fused-ring (bicyclic) bond motifs is 1. The molecule has 0 spiro atoms. The molecule has 1 aromatic carbocycles. The number of nitrogens with two attached hydrogens (primary N) is 1. The Morgan fingerprint density at radius 3 is 2.71 bits per heavy atom. The summed E-state index contributed by atoms with van der Waals surface area (Å²) in [5.41, 5.74) is 6.15. The number of carbonyl (C=O) groups excluding carboxylic acids is 1. The van der Waals surface area contributed by atoms with Gasteiger partial charge in [-0.25, -0.2) is 0 Å². The number of hydrogen-bond acceptors (Lipinski definition) is 4. The van der Waals surface area contributed by atoms with Gasteiger partial charge in [-0.3, -0.25) is 4.79 Å². The summed E-state index contributed by atoms with van der Waals surface area (Å²) >= 11 is 3.40. The van der Waals surface area contributed by atoms with Gasteiger partial charge in [-0.1, -0.05) is 12.8 Å². The SMILES string of the molecule is Cl.NCC1(NC(=O)c2cc(Br)c3c(c2)OCO3)CCCC1. The predicted molar refractivity (Wildman–Crippen MR) is 85.2 cm³/mol. The highest BCUT2D eigenvalue weighted by Gasteiger charge is 2.34. The van der Waals surface area contributed by atoms with E-state index in [4.69, 9.17) is 15.2 Å². The Balaban J connectivity index is 0.00000161. The average molecular weight is 378 g/mol. The number of halogens is 2. The van der Waals surface area contributed by atoms with Crippen LogP contribution in [0.2, 0.25) is 0 Å². The van der Waals surface area contributed by atoms with Crippen LogP contribution in [0.15, 0.2) is 16.6 Å². The molecule has 1 aromatic rings. The first kappa shape index (κ1) is 16.4. The van der Waals surface area contributed by atoms with Crippen LogP contribution in [0.1, 0.15) is 36.0 Å². The number of nitrogens with one attached hydrogen (secondary N) is 1. The first-order valence-corrected chi connectivity index (χ1v) is 7.55. The lowest BCUT2D eigenvalue weighted by Crippen LogP contribution is -2.51. The van der Waals surface area contributed by atoms with Gasteiger partial charge in [-0.2, -0.15) is 0 Å². The zero-order valence-electron chi connectivity index (χ0n) is 11.5. The molecule has 0 atom stereocenters. The minimum absolute atomic E-state index is 0. The molecular weight excluding hydrogens is 360 g/mol. The largest absolute Gasteiger partial charge is 0.454 e. The molecule has 3 N–H and O–H groups in total. The van der Waals surface area contributed by atoms with Crippen LogP contribution < -0.4 is 20.5 Å². The Kier molecular flexibility index (Phi) is 5.01. The number of hydrogen-bond donors (Lipinski definition) is 2. The molecule has 5 nitrogen and oxygen atoms in total. The fraction of sp³-hybridized carbons (Fsp3) is 0.500. The van der Waals surface area contributed by atoms with Crippen molar-refractivity contribution in [2.75, 3.05) is 13.3 Å². The molecule has 0 saturated heterocycles. The van der Waals surface area contributed by atoms with Gasteiger partial charge in [0, 0.05) is 12.1 Å². The van der Waals surface area contributed by atoms with E-state index in [9.17, 15) is 4.79 Å². The van der Waals surface area contributed by atoms with E-state index < -0.39 is 0 Å². The topological polar surface area (TPSA) is 73.6 Å². The molecule has 0 unspecified atom stereocenters. The van der Waals surface area contributed by atoms with Crippen molar-refractivity contribution in [2.45, 2.75) is 31.2 Å². The maximum Gasteiger partial charge on any atom is 0.251 e. The van der Waals surface area contributed by atoms with Crippen LogP contribution in [-0.2, 0) is 0 Å². The number of amides is 1. The highest BCUT2D eigenvalue weighted by atomic mass is 79.9. The molecular formula is C14H18BrClN2O3. The summed E-state index contributed by atoms with van der Waals surface area (Å²) in [7, 11) is 0. The number of carbonyl (C=O) groups is 1. The fourth-order valence-corrected chi connectivity index (χ4v) is 3.40. The van der Waals surface area contributed by atoms with Crippen LogP contribution in [0.3, 0.4) is 0 Å². The van der Waals surface area contributed by atoms with Gasteiger partial charge in [0.2, 0.25) is 6.79 Å². The molecule has 21 heavy (non-hydrogen) atoms. The molecule has 0 bridgehead atoms. The molecule has 1 amide bonds. The summed E-state index contributed by atoms with van der Waals surface area (Å²) in [6, 6.07) is 3.46. The first-order valence-electron chi connectivity index (χ1n) is 6.75. The number of ether oxygens (including phenoxy) is 2. The summed E-state index contributed by atoms with van der Waals surface area (Å²) in [5.74, 6) is 1.13. The van der Waals surface area contributed by atoms with Crippen molar-refractivity contribution in [3.63, 3.8) is 0 Å². The molecule has 1 saturated carbocycles. The summed E-state index contributed by atoms with van der Waals surface area (Å²) in [6.45, 7) is 0.663. The summed E-state index contributed by atoms with van der Waals surface area (Å²) in [6.07, 6.45) is 4.12. The molecule has 0 radical (unpaired) electrons. The summed E-state index contributed by atoms with van der Waals surface area (Å²) < 4.78 is 11.4. The first-order chi connectivity index (χ1) is 9.63. The molecule has 0 aromatic heterocycles. The monoisotopic (exact) mass is 376 g/mol. The lowest BCUT2D eigenvalue weighted by molar-refractivity contribution is 0.0902. The maximum atomic E-state index is 12.4. The molecule has 7 heteroatoms. The van der Waals surface area contributed by atoms with Crippen LogP contribution in [0, 0.1) is 0 Å². The van der Waals surface area contributed by atoms with Gasteiger partial charge < -0.3 is 20.5 Å². The zero-order valence-corrected chi connectivity index (χ0v) is 13.9. The van der Waals surface area contributed by atoms with E-state index in [0.29, 0.717) is 23.6 Å². The Morgan fingerprint density at radius 2 is 2.05 bits per heavy atom. The molecule has 1 heterocycles. The van der Waals surface area contributed by atoms with Gasteiger partial charge in [-0.15, -0.1) is 12.4 Å². The van der Waals surface area contributed by atoms with Gasteiger partial charge in [0.05, 0.1) is 10.0 Å². The van der Waals surface area contributed by atoms with Gasteiger partial charge in [0.15, 0.2) is 11.5 Å². The molecule has 1 aliphatic carbocycles. The maximum absolute atomic E-state index is 12.4. The van der Waals surface area contributed by atoms with E-state index in [1.165, 1.54) is 0 Å². The standard InChI is InChI=1S/C14H17BrN2O3.ClH/c15-10-5-9(6-11-12(10)20-8-19-11)13(18)17-14(7-16)3-1-2-4-14;/h5-6H,1-4,7-8,16H2,(H,17,18);1H. The third-order valence-electron chi connectivity index (χ3n) is 4.02. The van der Waals surface area contributed by atoms with E-state index in [2.05, 4.69) is 21.2 Å². The van der Waals surface area contributed by atoms with Crippen molar-refractivity contribution in [1.82, 2.24) is 5.32 Å². The fourth-order valence-electron chi connectivity index (χ4n) is 2.84. The molecule has 2 aliphatic rings. The highest BCUT2D eigenvalue weighted by Crippen LogP contribution is 2.40. The third-order valence-corrected chi connectivity index (χ3v) is 4.61. The zero-order chi connectivity index (χ0) is 14.2. The second kappa shape index (κ2) is 6.42. The summed E-state index contributed by atoms with van der Waals surface area (Å²) in [4.78, 5) is 12.4. The van der Waals surface area contributed by atoms with E-state index in [0.717, 1.165) is 30.2 Å². The second-order valence-corrected chi connectivity index (χ2v) is 6.19. The lowest BCUT2D eigenvalue weighted by Gasteiger charge is -2.28. The Hall–Kier alpha value is -0.980. The summed E-state index contributed by atoms with van der Waals surface area (Å²) in [5, 5.41) is 3.10. The van der Waals surface area contributed by atoms with Crippen LogP contribution in [0.4, 0.5) is 0 Å². The van der Waals surface area contributed by atoms with E-state index in [-0.39, 0.29) is 30.6 Å². The van der Waals surface area contributed by atoms with Crippen LogP contribution in [0.25, 0.3) is 0 Å². The van der Waals surface area contributed by atoms with Crippen molar-refractivity contribution in [1.29, 1.82) is 0 Å². The third kappa shape index (κ3) is 3.12. The van der Waals surface area contributed by atoms with Gasteiger partial charge in [-0.05, 0) is 40.9 Å². The Labute approximate surface area is 138 Å². The number of benzene rings is 1. The van der Waals surface area contributed by atoms with E-state index in [1.54, 1.807) is 12.1 Å². The Bertz CT molecular complexity index is 547. The van der Waals surface area contributed by atoms with E-state index in [1.807, 2.05) is 0 Å². The normalized spacial score (nSPS) is 18.2. The number of rotatable bonds is 3. The van der Waals surface area contributed by atoms with Crippen molar-refractivity contribution < 1.29 is 14.3 Å². The molecule has 3 rings (SSSR count). The van der Waals surface area contributed by atoms with Gasteiger partial charge in [0.25, 0.3) is 5.91 Å². The van der Waals surface area contributed by atoms with Crippen molar-refractivity contribution >= 4 is 34.2 Å². The van der Waals surface area contributed by atoms with Crippen molar-refractivity contribution in [3.8, 4) is 11.5 Å².